The van der Waals surface area contributed by atoms with Crippen molar-refractivity contribution in [1.82, 2.24) is 10.2 Å². The van der Waals surface area contributed by atoms with Crippen LogP contribution < -0.4 is 10.6 Å². The average Bonchev–Trinajstić information content (AvgIpc) is 2.52. The summed E-state index contributed by atoms with van der Waals surface area (Å²) in [6.07, 6.45) is 2.45. The van der Waals surface area contributed by atoms with Gasteiger partial charge in [0, 0.05) is 19.2 Å². The first-order valence-electron chi connectivity index (χ1n) is 4.83. The van der Waals surface area contributed by atoms with Crippen LogP contribution in [0, 0.1) is 0 Å². The molecule has 0 saturated carbocycles. The molecule has 0 aromatic carbocycles. The van der Waals surface area contributed by atoms with E-state index in [-0.39, 0.29) is 6.61 Å². The van der Waals surface area contributed by atoms with Crippen LogP contribution in [-0.4, -0.2) is 34.5 Å². The van der Waals surface area contributed by atoms with Crippen LogP contribution in [0.5, 0.6) is 0 Å². The second kappa shape index (κ2) is 4.85. The Hall–Kier alpha value is -1.23. The van der Waals surface area contributed by atoms with Gasteiger partial charge in [-0.15, -0.1) is 0 Å². The largest absolute Gasteiger partial charge is 0.396 e. The molecule has 1 heterocycles. The van der Waals surface area contributed by atoms with Crippen LogP contribution in [0.3, 0.4) is 0 Å². The number of nitrogens with two attached hydrogens (primary N) is 1. The van der Waals surface area contributed by atoms with E-state index in [1.165, 1.54) is 0 Å². The lowest BCUT2D eigenvalue weighted by Crippen LogP contribution is -2.32. The summed E-state index contributed by atoms with van der Waals surface area (Å²) in [7, 11) is 0. The van der Waals surface area contributed by atoms with E-state index in [9.17, 15) is 0 Å². The van der Waals surface area contributed by atoms with Crippen LogP contribution in [0.1, 0.15) is 20.3 Å². The van der Waals surface area contributed by atoms with Gasteiger partial charge < -0.3 is 15.7 Å². The average molecular weight is 198 g/mol. The molecule has 1 aromatic heterocycles. The van der Waals surface area contributed by atoms with Crippen molar-refractivity contribution in [2.45, 2.75) is 26.3 Å². The zero-order chi connectivity index (χ0) is 10.6. The van der Waals surface area contributed by atoms with Crippen molar-refractivity contribution in [3.63, 3.8) is 0 Å². The van der Waals surface area contributed by atoms with Crippen molar-refractivity contribution in [2.75, 3.05) is 23.8 Å². The number of aromatic amines is 1. The third-order valence-corrected chi connectivity index (χ3v) is 2.14. The van der Waals surface area contributed by atoms with Gasteiger partial charge in [-0.1, -0.05) is 0 Å². The van der Waals surface area contributed by atoms with E-state index < -0.39 is 0 Å². The van der Waals surface area contributed by atoms with Gasteiger partial charge >= 0.3 is 0 Å². The van der Waals surface area contributed by atoms with E-state index in [4.69, 9.17) is 10.8 Å². The molecule has 0 spiro atoms. The Morgan fingerprint density at radius 1 is 1.64 bits per heavy atom. The fourth-order valence-electron chi connectivity index (χ4n) is 1.42. The predicted molar refractivity (Wildman–Crippen MR) is 57.2 cm³/mol. The summed E-state index contributed by atoms with van der Waals surface area (Å²) in [6, 6.07) is 0.349. The van der Waals surface area contributed by atoms with Gasteiger partial charge in [-0.05, 0) is 20.3 Å². The van der Waals surface area contributed by atoms with Gasteiger partial charge in [-0.3, -0.25) is 5.10 Å². The molecular weight excluding hydrogens is 180 g/mol. The molecule has 5 nitrogen and oxygen atoms in total. The summed E-state index contributed by atoms with van der Waals surface area (Å²) >= 11 is 0. The molecule has 0 bridgehead atoms. The van der Waals surface area contributed by atoms with E-state index in [1.807, 2.05) is 0 Å². The molecule has 0 fully saturated rings. The first-order valence-corrected chi connectivity index (χ1v) is 4.83. The van der Waals surface area contributed by atoms with Gasteiger partial charge in [-0.25, -0.2) is 0 Å². The van der Waals surface area contributed by atoms with Crippen molar-refractivity contribution < 1.29 is 5.11 Å². The van der Waals surface area contributed by atoms with E-state index in [0.29, 0.717) is 11.9 Å². The highest BCUT2D eigenvalue weighted by molar-refractivity contribution is 5.62. The van der Waals surface area contributed by atoms with Crippen LogP contribution in [0.2, 0.25) is 0 Å². The molecule has 0 aliphatic rings. The maximum atomic E-state index is 8.78. The third kappa shape index (κ3) is 2.38. The Bertz CT molecular complexity index is 272. The first-order chi connectivity index (χ1) is 6.66. The fraction of sp³-hybridized carbons (Fsp3) is 0.667. The molecule has 1 aromatic rings. The molecule has 0 atom stereocenters. The van der Waals surface area contributed by atoms with Gasteiger partial charge in [0.15, 0.2) is 0 Å². The Labute approximate surface area is 83.9 Å². The minimum absolute atomic E-state index is 0.195. The Kier molecular flexibility index (Phi) is 3.76. The zero-order valence-electron chi connectivity index (χ0n) is 8.70. The number of nitrogens with zero attached hydrogens (tertiary/aromatic N) is 2. The Balaban J connectivity index is 2.73. The van der Waals surface area contributed by atoms with E-state index in [2.05, 4.69) is 28.9 Å². The monoisotopic (exact) mass is 198 g/mol. The molecule has 80 valence electrons. The van der Waals surface area contributed by atoms with Crippen molar-refractivity contribution in [3.8, 4) is 0 Å². The van der Waals surface area contributed by atoms with E-state index in [1.54, 1.807) is 6.20 Å². The Morgan fingerprint density at radius 2 is 2.36 bits per heavy atom. The molecule has 14 heavy (non-hydrogen) atoms. The first kappa shape index (κ1) is 10.8. The van der Waals surface area contributed by atoms with Crippen LogP contribution in [0.25, 0.3) is 0 Å². The van der Waals surface area contributed by atoms with Crippen LogP contribution in [0.4, 0.5) is 11.5 Å². The summed E-state index contributed by atoms with van der Waals surface area (Å²) in [5, 5.41) is 15.4. The minimum Gasteiger partial charge on any atom is -0.396 e. The smallest absolute Gasteiger partial charge is 0.142 e. The van der Waals surface area contributed by atoms with E-state index in [0.717, 1.165) is 18.7 Å². The second-order valence-corrected chi connectivity index (χ2v) is 3.53. The van der Waals surface area contributed by atoms with E-state index >= 15 is 0 Å². The molecule has 0 saturated heterocycles. The minimum atomic E-state index is 0.195. The zero-order valence-corrected chi connectivity index (χ0v) is 8.70. The molecule has 1 rings (SSSR count). The van der Waals surface area contributed by atoms with Crippen LogP contribution >= 0.6 is 0 Å². The number of hydrogen-bond donors (Lipinski definition) is 3. The van der Waals surface area contributed by atoms with Crippen LogP contribution in [-0.2, 0) is 0 Å². The van der Waals surface area contributed by atoms with Crippen molar-refractivity contribution in [2.24, 2.45) is 0 Å². The SMILES string of the molecule is CC(C)N(CCCO)c1cn[nH]c1N. The molecule has 0 unspecified atom stereocenters. The molecule has 0 radical (unpaired) electrons. The maximum Gasteiger partial charge on any atom is 0.142 e. The molecule has 0 aliphatic carbocycles. The quantitative estimate of drug-likeness (QED) is 0.647. The summed E-state index contributed by atoms with van der Waals surface area (Å²) in [6.45, 7) is 5.16. The normalized spacial score (nSPS) is 10.9. The number of hydrogen-bond acceptors (Lipinski definition) is 4. The van der Waals surface area contributed by atoms with Crippen molar-refractivity contribution >= 4 is 11.5 Å². The highest BCUT2D eigenvalue weighted by Crippen LogP contribution is 2.21. The number of aliphatic hydroxyl groups excluding tert-OH is 1. The van der Waals surface area contributed by atoms with Gasteiger partial charge in [0.2, 0.25) is 0 Å². The number of aliphatic hydroxyl groups is 1. The number of H-pyrrole nitrogens is 1. The third-order valence-electron chi connectivity index (χ3n) is 2.14. The summed E-state index contributed by atoms with van der Waals surface area (Å²) in [5.41, 5.74) is 6.64. The van der Waals surface area contributed by atoms with Gasteiger partial charge in [-0.2, -0.15) is 5.10 Å². The lowest BCUT2D eigenvalue weighted by Gasteiger charge is -2.27. The molecular formula is C9H18N4O. The Morgan fingerprint density at radius 3 is 2.79 bits per heavy atom. The topological polar surface area (TPSA) is 78.2 Å². The van der Waals surface area contributed by atoms with Gasteiger partial charge in [0.05, 0.1) is 11.9 Å². The number of nitrogen functional groups attached to an aromatic ring is 1. The summed E-state index contributed by atoms with van der Waals surface area (Å²) < 4.78 is 0. The summed E-state index contributed by atoms with van der Waals surface area (Å²) in [5.74, 6) is 0.580. The number of rotatable bonds is 5. The van der Waals surface area contributed by atoms with Crippen molar-refractivity contribution in [3.05, 3.63) is 6.20 Å². The molecule has 4 N–H and O–H groups in total. The number of aromatic nitrogens is 2. The lowest BCUT2D eigenvalue weighted by atomic mass is 10.2. The number of anilines is 2. The van der Waals surface area contributed by atoms with Crippen molar-refractivity contribution in [1.29, 1.82) is 0 Å². The summed E-state index contributed by atoms with van der Waals surface area (Å²) in [4.78, 5) is 2.12. The second-order valence-electron chi connectivity index (χ2n) is 3.53. The number of nitrogens with one attached hydrogen (secondary N) is 1. The van der Waals surface area contributed by atoms with Gasteiger partial charge in [0.1, 0.15) is 5.82 Å². The molecule has 5 heteroatoms. The molecule has 0 amide bonds. The highest BCUT2D eigenvalue weighted by Gasteiger charge is 2.13. The maximum absolute atomic E-state index is 8.78. The lowest BCUT2D eigenvalue weighted by molar-refractivity contribution is 0.288. The predicted octanol–water partition coefficient (Wildman–Crippen LogP) is 0.589. The molecule has 0 aliphatic heterocycles. The highest BCUT2D eigenvalue weighted by atomic mass is 16.3. The fourth-order valence-corrected chi connectivity index (χ4v) is 1.42. The van der Waals surface area contributed by atoms with Gasteiger partial charge in [0.25, 0.3) is 0 Å². The van der Waals surface area contributed by atoms with Crippen LogP contribution in [0.15, 0.2) is 6.20 Å². The standard InChI is InChI=1S/C9H18N4O/c1-7(2)13(4-3-5-14)8-6-11-12-9(8)10/h6-7,14H,3-5H2,1-2H3,(H3,10,11,12).